The van der Waals surface area contributed by atoms with Crippen LogP contribution in [-0.4, -0.2) is 18.6 Å². The molecule has 1 aliphatic rings. The molecule has 0 bridgehead atoms. The largest absolute Gasteiger partial charge is 0.325 e. The molecule has 2 nitrogen and oxygen atoms in total. The van der Waals surface area contributed by atoms with Crippen LogP contribution in [-0.2, 0) is 0 Å². The predicted octanol–water partition coefficient (Wildman–Crippen LogP) is 2.92. The van der Waals surface area contributed by atoms with Gasteiger partial charge in [0.25, 0.3) is 0 Å². The van der Waals surface area contributed by atoms with E-state index in [1.54, 1.807) is 0 Å². The molecule has 1 fully saturated rings. The molecule has 3 N–H and O–H groups in total. The molecule has 0 spiro atoms. The Morgan fingerprint density at radius 3 is 2.12 bits per heavy atom. The van der Waals surface area contributed by atoms with Gasteiger partial charge in [0.05, 0.1) is 0 Å². The highest BCUT2D eigenvalue weighted by atomic mass is 14.9. The number of hydrogen-bond acceptors (Lipinski definition) is 2. The molecule has 0 heterocycles. The predicted molar refractivity (Wildman–Crippen MR) is 71.5 cm³/mol. The molecule has 2 heteroatoms. The highest BCUT2D eigenvalue weighted by Gasteiger charge is 2.41. The van der Waals surface area contributed by atoms with Crippen molar-refractivity contribution in [2.45, 2.75) is 65.8 Å². The summed E-state index contributed by atoms with van der Waals surface area (Å²) in [5, 5.41) is 3.64. The zero-order valence-corrected chi connectivity index (χ0v) is 11.8. The minimum absolute atomic E-state index is 0.124. The summed E-state index contributed by atoms with van der Waals surface area (Å²) in [5.74, 6) is 0. The molecule has 0 unspecified atom stereocenters. The maximum Gasteiger partial charge on any atom is 0.0161 e. The minimum Gasteiger partial charge on any atom is -0.325 e. The van der Waals surface area contributed by atoms with Crippen molar-refractivity contribution in [2.24, 2.45) is 16.6 Å². The minimum atomic E-state index is -0.124. The van der Waals surface area contributed by atoms with Gasteiger partial charge in [0.2, 0.25) is 0 Å². The molecule has 1 rings (SSSR count). The molecule has 96 valence electrons. The zero-order valence-electron chi connectivity index (χ0n) is 11.8. The second-order valence-corrected chi connectivity index (χ2v) is 6.96. The molecule has 1 saturated carbocycles. The first-order chi connectivity index (χ1) is 7.22. The highest BCUT2D eigenvalue weighted by molar-refractivity contribution is 4.96. The van der Waals surface area contributed by atoms with Crippen LogP contribution in [0.4, 0.5) is 0 Å². The van der Waals surface area contributed by atoms with E-state index in [1.807, 2.05) is 0 Å². The van der Waals surface area contributed by atoms with E-state index >= 15 is 0 Å². The Kier molecular flexibility index (Phi) is 4.07. The molecule has 0 amide bonds. The molecule has 16 heavy (non-hydrogen) atoms. The third kappa shape index (κ3) is 3.46. The topological polar surface area (TPSA) is 38.0 Å². The van der Waals surface area contributed by atoms with Gasteiger partial charge in [-0.3, -0.25) is 0 Å². The van der Waals surface area contributed by atoms with E-state index in [1.165, 1.54) is 32.2 Å². The van der Waals surface area contributed by atoms with Crippen molar-refractivity contribution >= 4 is 0 Å². The van der Waals surface area contributed by atoms with E-state index in [4.69, 9.17) is 5.73 Å². The van der Waals surface area contributed by atoms with Gasteiger partial charge >= 0.3 is 0 Å². The highest BCUT2D eigenvalue weighted by Crippen LogP contribution is 2.49. The van der Waals surface area contributed by atoms with Gasteiger partial charge in [0.1, 0.15) is 0 Å². The maximum atomic E-state index is 6.20. The third-order valence-electron chi connectivity index (χ3n) is 4.55. The van der Waals surface area contributed by atoms with Crippen LogP contribution in [0.3, 0.4) is 0 Å². The van der Waals surface area contributed by atoms with Gasteiger partial charge < -0.3 is 11.1 Å². The molecule has 1 aliphatic carbocycles. The van der Waals surface area contributed by atoms with Gasteiger partial charge in [-0.2, -0.15) is 0 Å². The lowest BCUT2D eigenvalue weighted by Crippen LogP contribution is -2.52. The first kappa shape index (κ1) is 14.0. The molecule has 0 saturated heterocycles. The van der Waals surface area contributed by atoms with E-state index in [0.717, 1.165) is 6.54 Å². The summed E-state index contributed by atoms with van der Waals surface area (Å²) in [5.41, 5.74) is 6.86. The molecule has 0 aromatic carbocycles. The van der Waals surface area contributed by atoms with Crippen molar-refractivity contribution in [2.75, 3.05) is 13.1 Å². The SMILES string of the molecule is CCCC1(CNCC(C)(C)C(C)(C)N)CC1. The molecule has 0 aliphatic heterocycles. The van der Waals surface area contributed by atoms with Crippen LogP contribution < -0.4 is 11.1 Å². The molecule has 0 atom stereocenters. The second-order valence-electron chi connectivity index (χ2n) is 6.96. The van der Waals surface area contributed by atoms with Crippen molar-refractivity contribution in [3.05, 3.63) is 0 Å². The molecule has 0 aromatic rings. The Morgan fingerprint density at radius 1 is 1.19 bits per heavy atom. The van der Waals surface area contributed by atoms with Crippen LogP contribution in [0.15, 0.2) is 0 Å². The van der Waals surface area contributed by atoms with E-state index in [9.17, 15) is 0 Å². The number of nitrogens with one attached hydrogen (secondary N) is 1. The van der Waals surface area contributed by atoms with Crippen molar-refractivity contribution in [1.82, 2.24) is 5.32 Å². The Labute approximate surface area is 101 Å². The second kappa shape index (κ2) is 4.66. The summed E-state index contributed by atoms with van der Waals surface area (Å²) in [6, 6.07) is 0. The van der Waals surface area contributed by atoms with Crippen LogP contribution in [0.5, 0.6) is 0 Å². The molecular weight excluding hydrogens is 196 g/mol. The quantitative estimate of drug-likeness (QED) is 0.700. The average Bonchev–Trinajstić information content (AvgIpc) is 2.83. The maximum absolute atomic E-state index is 6.20. The van der Waals surface area contributed by atoms with Crippen molar-refractivity contribution < 1.29 is 0 Å². The van der Waals surface area contributed by atoms with Gasteiger partial charge in [-0.1, -0.05) is 27.2 Å². The summed E-state index contributed by atoms with van der Waals surface area (Å²) in [6.45, 7) is 13.2. The number of nitrogens with two attached hydrogens (primary N) is 1. The fraction of sp³-hybridized carbons (Fsp3) is 1.00. The van der Waals surface area contributed by atoms with Crippen LogP contribution in [0.25, 0.3) is 0 Å². The normalized spacial score (nSPS) is 19.9. The first-order valence-electron chi connectivity index (χ1n) is 6.72. The Hall–Kier alpha value is -0.0800. The van der Waals surface area contributed by atoms with E-state index in [2.05, 4.69) is 39.9 Å². The average molecular weight is 226 g/mol. The molecule has 0 radical (unpaired) electrons. The van der Waals surface area contributed by atoms with Crippen LogP contribution in [0.2, 0.25) is 0 Å². The lowest BCUT2D eigenvalue weighted by atomic mass is 9.75. The first-order valence-corrected chi connectivity index (χ1v) is 6.72. The lowest BCUT2D eigenvalue weighted by molar-refractivity contribution is 0.190. The van der Waals surface area contributed by atoms with E-state index in [0.29, 0.717) is 5.41 Å². The zero-order chi connectivity index (χ0) is 12.4. The van der Waals surface area contributed by atoms with Crippen molar-refractivity contribution in [3.63, 3.8) is 0 Å². The standard InChI is InChI=1S/C14H30N2/c1-6-7-14(8-9-14)11-16-10-12(2,3)13(4,5)15/h16H,6-11,15H2,1-5H3. The Morgan fingerprint density at radius 2 is 1.75 bits per heavy atom. The van der Waals surface area contributed by atoms with E-state index in [-0.39, 0.29) is 11.0 Å². The summed E-state index contributed by atoms with van der Waals surface area (Å²) >= 11 is 0. The summed E-state index contributed by atoms with van der Waals surface area (Å²) in [4.78, 5) is 0. The van der Waals surface area contributed by atoms with Crippen molar-refractivity contribution in [3.8, 4) is 0 Å². The van der Waals surface area contributed by atoms with Gasteiger partial charge in [0.15, 0.2) is 0 Å². The van der Waals surface area contributed by atoms with E-state index < -0.39 is 0 Å². The fourth-order valence-electron chi connectivity index (χ4n) is 2.09. The smallest absolute Gasteiger partial charge is 0.0161 e. The van der Waals surface area contributed by atoms with Gasteiger partial charge in [-0.15, -0.1) is 0 Å². The summed E-state index contributed by atoms with van der Waals surface area (Å²) in [6.07, 6.45) is 5.53. The van der Waals surface area contributed by atoms with Gasteiger partial charge in [-0.05, 0) is 43.9 Å². The third-order valence-corrected chi connectivity index (χ3v) is 4.55. The summed E-state index contributed by atoms with van der Waals surface area (Å²) < 4.78 is 0. The fourth-order valence-corrected chi connectivity index (χ4v) is 2.09. The van der Waals surface area contributed by atoms with Gasteiger partial charge in [0, 0.05) is 18.6 Å². The molecule has 0 aromatic heterocycles. The Balaban J connectivity index is 2.30. The summed E-state index contributed by atoms with van der Waals surface area (Å²) in [7, 11) is 0. The number of rotatable bonds is 7. The van der Waals surface area contributed by atoms with Crippen LogP contribution >= 0.6 is 0 Å². The van der Waals surface area contributed by atoms with Crippen LogP contribution in [0, 0.1) is 10.8 Å². The molecular formula is C14H30N2. The monoisotopic (exact) mass is 226 g/mol. The van der Waals surface area contributed by atoms with Crippen LogP contribution in [0.1, 0.15) is 60.3 Å². The van der Waals surface area contributed by atoms with Gasteiger partial charge in [-0.25, -0.2) is 0 Å². The number of hydrogen-bond donors (Lipinski definition) is 2. The Bertz CT molecular complexity index is 221. The lowest BCUT2D eigenvalue weighted by Gasteiger charge is -2.39. The van der Waals surface area contributed by atoms with Crippen molar-refractivity contribution in [1.29, 1.82) is 0 Å².